The number of hydrogen-bond donors (Lipinski definition) is 1. The number of alkyl halides is 3. The molecule has 2 fully saturated rings. The molecule has 1 saturated carbocycles. The number of rotatable bonds is 3. The van der Waals surface area contributed by atoms with Gasteiger partial charge < -0.3 is 10.2 Å². The molecule has 2 aliphatic rings. The molecule has 1 aromatic carbocycles. The Morgan fingerprint density at radius 2 is 1.97 bits per heavy atom. The third kappa shape index (κ3) is 3.80. The fourth-order valence-electron chi connectivity index (χ4n) is 4.62. The van der Waals surface area contributed by atoms with E-state index in [1.54, 1.807) is 12.1 Å². The van der Waals surface area contributed by atoms with Crippen LogP contribution in [0, 0.1) is 17.7 Å². The molecule has 29 heavy (non-hydrogen) atoms. The van der Waals surface area contributed by atoms with Crippen LogP contribution in [0.2, 0.25) is 0 Å². The number of nitrogens with one attached hydrogen (secondary N) is 1. The molecule has 154 valence electrons. The first-order chi connectivity index (χ1) is 13.7. The van der Waals surface area contributed by atoms with Gasteiger partial charge in [0.15, 0.2) is 0 Å². The highest BCUT2D eigenvalue weighted by Gasteiger charge is 2.51. The molecule has 1 aliphatic heterocycles. The summed E-state index contributed by atoms with van der Waals surface area (Å²) in [6.45, 7) is 3.07. The Hall–Kier alpha value is -2.64. The maximum absolute atomic E-state index is 13.4. The van der Waals surface area contributed by atoms with Crippen molar-refractivity contribution in [2.75, 3.05) is 18.0 Å². The molecule has 1 aromatic heterocycles. The Morgan fingerprint density at radius 3 is 2.69 bits per heavy atom. The average Bonchev–Trinajstić information content (AvgIpc) is 3.22. The van der Waals surface area contributed by atoms with Crippen LogP contribution in [-0.2, 0) is 6.18 Å². The molecular weight excluding hydrogens is 386 g/mol. The SMILES string of the molecule is CC1(NC(=O)c2cccc(F)c2)CCC2CN(c3cccc(C(F)(F)F)n3)CC21. The van der Waals surface area contributed by atoms with Crippen molar-refractivity contribution in [1.82, 2.24) is 10.3 Å². The fourth-order valence-corrected chi connectivity index (χ4v) is 4.62. The van der Waals surface area contributed by atoms with Gasteiger partial charge in [0.25, 0.3) is 5.91 Å². The van der Waals surface area contributed by atoms with E-state index in [0.717, 1.165) is 18.9 Å². The van der Waals surface area contributed by atoms with Crippen LogP contribution in [0.25, 0.3) is 0 Å². The zero-order valence-corrected chi connectivity index (χ0v) is 15.8. The molecule has 1 amide bonds. The number of aromatic nitrogens is 1. The number of halogens is 4. The molecule has 1 N–H and O–H groups in total. The Balaban J connectivity index is 1.50. The minimum absolute atomic E-state index is 0.0800. The summed E-state index contributed by atoms with van der Waals surface area (Å²) in [7, 11) is 0. The second-order valence-corrected chi connectivity index (χ2v) is 8.07. The maximum Gasteiger partial charge on any atom is 0.433 e. The van der Waals surface area contributed by atoms with Crippen LogP contribution in [-0.4, -0.2) is 29.5 Å². The molecule has 4 rings (SSSR count). The number of fused-ring (bicyclic) bond motifs is 1. The summed E-state index contributed by atoms with van der Waals surface area (Å²) < 4.78 is 52.4. The van der Waals surface area contributed by atoms with Crippen molar-refractivity contribution in [3.05, 3.63) is 59.5 Å². The van der Waals surface area contributed by atoms with Crippen molar-refractivity contribution in [2.24, 2.45) is 11.8 Å². The molecule has 1 aliphatic carbocycles. The number of pyridine rings is 1. The lowest BCUT2D eigenvalue weighted by atomic mass is 9.86. The number of anilines is 1. The van der Waals surface area contributed by atoms with E-state index in [0.29, 0.717) is 18.9 Å². The van der Waals surface area contributed by atoms with E-state index in [1.165, 1.54) is 24.3 Å². The lowest BCUT2D eigenvalue weighted by Crippen LogP contribution is -2.50. The first-order valence-corrected chi connectivity index (χ1v) is 9.53. The van der Waals surface area contributed by atoms with Gasteiger partial charge in [-0.25, -0.2) is 9.37 Å². The van der Waals surface area contributed by atoms with Crippen molar-refractivity contribution in [2.45, 2.75) is 31.5 Å². The second-order valence-electron chi connectivity index (χ2n) is 8.07. The molecule has 8 heteroatoms. The van der Waals surface area contributed by atoms with Gasteiger partial charge in [-0.3, -0.25) is 4.79 Å². The van der Waals surface area contributed by atoms with E-state index in [2.05, 4.69) is 10.3 Å². The van der Waals surface area contributed by atoms with Crippen LogP contribution in [0.15, 0.2) is 42.5 Å². The first kappa shape index (κ1) is 19.7. The second kappa shape index (κ2) is 7.00. The predicted molar refractivity (Wildman–Crippen MR) is 99.9 cm³/mol. The largest absolute Gasteiger partial charge is 0.433 e. The molecule has 2 heterocycles. The molecule has 0 bridgehead atoms. The number of benzene rings is 1. The highest BCUT2D eigenvalue weighted by molar-refractivity contribution is 5.94. The molecule has 3 unspecified atom stereocenters. The van der Waals surface area contributed by atoms with E-state index in [-0.39, 0.29) is 23.3 Å². The van der Waals surface area contributed by atoms with Crippen LogP contribution in [0.1, 0.15) is 35.8 Å². The third-order valence-electron chi connectivity index (χ3n) is 6.13. The fraction of sp³-hybridized carbons (Fsp3) is 0.429. The van der Waals surface area contributed by atoms with Gasteiger partial charge in [0, 0.05) is 30.1 Å². The molecule has 4 nitrogen and oxygen atoms in total. The van der Waals surface area contributed by atoms with Crippen LogP contribution in [0.5, 0.6) is 0 Å². The minimum Gasteiger partial charge on any atom is -0.356 e. The van der Waals surface area contributed by atoms with Crippen LogP contribution in [0.4, 0.5) is 23.4 Å². The first-order valence-electron chi connectivity index (χ1n) is 9.53. The monoisotopic (exact) mass is 407 g/mol. The number of nitrogens with zero attached hydrogens (tertiary/aromatic N) is 2. The highest BCUT2D eigenvalue weighted by Crippen LogP contribution is 2.46. The van der Waals surface area contributed by atoms with Crippen molar-refractivity contribution in [1.29, 1.82) is 0 Å². The van der Waals surface area contributed by atoms with E-state index in [9.17, 15) is 22.4 Å². The summed E-state index contributed by atoms with van der Waals surface area (Å²) in [6, 6.07) is 9.43. The predicted octanol–water partition coefficient (Wildman–Crippen LogP) is 4.27. The summed E-state index contributed by atoms with van der Waals surface area (Å²) in [4.78, 5) is 18.3. The maximum atomic E-state index is 13.4. The molecule has 3 atom stereocenters. The zero-order chi connectivity index (χ0) is 20.8. The smallest absolute Gasteiger partial charge is 0.356 e. The zero-order valence-electron chi connectivity index (χ0n) is 15.8. The van der Waals surface area contributed by atoms with E-state index in [4.69, 9.17) is 0 Å². The van der Waals surface area contributed by atoms with Crippen molar-refractivity contribution in [3.63, 3.8) is 0 Å². The molecule has 0 spiro atoms. The molecule has 0 radical (unpaired) electrons. The van der Waals surface area contributed by atoms with Gasteiger partial charge in [-0.15, -0.1) is 0 Å². The summed E-state index contributed by atoms with van der Waals surface area (Å²) in [5.41, 5.74) is -1.16. The van der Waals surface area contributed by atoms with Gasteiger partial charge in [0.2, 0.25) is 0 Å². The Kier molecular flexibility index (Phi) is 4.75. The minimum atomic E-state index is -4.49. The normalized spacial score (nSPS) is 26.4. The third-order valence-corrected chi connectivity index (χ3v) is 6.13. The standard InChI is InChI=1S/C21H21F4N3O/c1-20(27-19(29)13-4-2-5-15(22)10-13)9-8-14-11-28(12-16(14)20)18-7-3-6-17(26-18)21(23,24)25/h2-7,10,14,16H,8-9,11-12H2,1H3,(H,27,29). The summed E-state index contributed by atoms with van der Waals surface area (Å²) in [5, 5.41) is 3.05. The molecular formula is C21H21F4N3O. The van der Waals surface area contributed by atoms with Gasteiger partial charge in [0.1, 0.15) is 17.3 Å². The lowest BCUT2D eigenvalue weighted by molar-refractivity contribution is -0.141. The van der Waals surface area contributed by atoms with E-state index in [1.807, 2.05) is 11.8 Å². The van der Waals surface area contributed by atoms with Gasteiger partial charge in [-0.1, -0.05) is 12.1 Å². The number of carbonyl (C=O) groups excluding carboxylic acids is 1. The Bertz CT molecular complexity index is 932. The number of carbonyl (C=O) groups is 1. The van der Waals surface area contributed by atoms with E-state index < -0.39 is 23.2 Å². The van der Waals surface area contributed by atoms with Crippen LogP contribution in [0.3, 0.4) is 0 Å². The summed E-state index contributed by atoms with van der Waals surface area (Å²) in [5.74, 6) is -0.188. The molecule has 1 saturated heterocycles. The van der Waals surface area contributed by atoms with Crippen LogP contribution >= 0.6 is 0 Å². The van der Waals surface area contributed by atoms with Gasteiger partial charge in [-0.2, -0.15) is 13.2 Å². The van der Waals surface area contributed by atoms with Crippen LogP contribution < -0.4 is 10.2 Å². The van der Waals surface area contributed by atoms with Gasteiger partial charge in [0.05, 0.1) is 0 Å². The lowest BCUT2D eigenvalue weighted by Gasteiger charge is -2.33. The number of amides is 1. The summed E-state index contributed by atoms with van der Waals surface area (Å²) in [6.07, 6.45) is -2.85. The summed E-state index contributed by atoms with van der Waals surface area (Å²) >= 11 is 0. The Morgan fingerprint density at radius 1 is 1.21 bits per heavy atom. The number of hydrogen-bond acceptors (Lipinski definition) is 3. The van der Waals surface area contributed by atoms with Gasteiger partial charge in [-0.05, 0) is 56.0 Å². The highest BCUT2D eigenvalue weighted by atomic mass is 19.4. The van der Waals surface area contributed by atoms with Crippen molar-refractivity contribution < 1.29 is 22.4 Å². The average molecular weight is 407 g/mol. The quantitative estimate of drug-likeness (QED) is 0.773. The van der Waals surface area contributed by atoms with Crippen molar-refractivity contribution >= 4 is 11.7 Å². The van der Waals surface area contributed by atoms with Gasteiger partial charge >= 0.3 is 6.18 Å². The van der Waals surface area contributed by atoms with Crippen molar-refractivity contribution in [3.8, 4) is 0 Å². The molecule has 2 aromatic rings. The Labute approximate surface area is 165 Å². The topological polar surface area (TPSA) is 45.2 Å². The van der Waals surface area contributed by atoms with E-state index >= 15 is 0 Å².